The molecule has 1 aliphatic rings. The van der Waals surface area contributed by atoms with E-state index >= 15 is 0 Å². The summed E-state index contributed by atoms with van der Waals surface area (Å²) in [7, 11) is 0. The molecule has 0 saturated carbocycles. The Bertz CT molecular complexity index is 501. The van der Waals surface area contributed by atoms with Crippen LogP contribution in [0.5, 0.6) is 5.75 Å². The summed E-state index contributed by atoms with van der Waals surface area (Å²) in [5.41, 5.74) is 0.0268. The van der Waals surface area contributed by atoms with Gasteiger partial charge in [0.15, 0.2) is 0 Å². The van der Waals surface area contributed by atoms with E-state index in [2.05, 4.69) is 18.7 Å². The van der Waals surface area contributed by atoms with E-state index < -0.39 is 4.92 Å². The Kier molecular flexibility index (Phi) is 6.76. The van der Waals surface area contributed by atoms with Gasteiger partial charge in [-0.1, -0.05) is 6.07 Å². The highest BCUT2D eigenvalue weighted by Crippen LogP contribution is 2.18. The van der Waals surface area contributed by atoms with Gasteiger partial charge in [-0.15, -0.1) is 0 Å². The molecule has 0 spiro atoms. The van der Waals surface area contributed by atoms with Gasteiger partial charge >= 0.3 is 0 Å². The fourth-order valence-electron chi connectivity index (χ4n) is 2.67. The summed E-state index contributed by atoms with van der Waals surface area (Å²) in [5, 5.41) is 10.7. The van der Waals surface area contributed by atoms with E-state index in [1.165, 1.54) is 12.1 Å². The zero-order valence-electron chi connectivity index (χ0n) is 13.6. The van der Waals surface area contributed by atoms with Crippen LogP contribution in [0.15, 0.2) is 24.3 Å². The Morgan fingerprint density at radius 3 is 2.70 bits per heavy atom. The number of morpholine rings is 1. The van der Waals surface area contributed by atoms with Crippen molar-refractivity contribution < 1.29 is 19.1 Å². The van der Waals surface area contributed by atoms with Crippen molar-refractivity contribution in [1.29, 1.82) is 0 Å². The number of nitro groups is 1. The number of non-ortho nitro benzene ring substituents is 1. The molecule has 0 bridgehead atoms. The van der Waals surface area contributed by atoms with Crippen molar-refractivity contribution in [3.63, 3.8) is 0 Å². The Labute approximate surface area is 136 Å². The second-order valence-corrected chi connectivity index (χ2v) is 5.73. The summed E-state index contributed by atoms with van der Waals surface area (Å²) >= 11 is 0. The van der Waals surface area contributed by atoms with Crippen LogP contribution in [-0.4, -0.2) is 61.5 Å². The second kappa shape index (κ2) is 8.81. The number of ether oxygens (including phenoxy) is 3. The van der Waals surface area contributed by atoms with Crippen LogP contribution in [0.1, 0.15) is 13.8 Å². The molecule has 1 saturated heterocycles. The molecule has 0 radical (unpaired) electrons. The standard InChI is InChI=1S/C16H24N2O5/c1-13-11-17(12-14(2)23-13)6-7-21-8-9-22-16-5-3-4-15(10-16)18(19)20/h3-5,10,13-14H,6-9,11-12H2,1-2H3/t13-,14-/m0/s1. The summed E-state index contributed by atoms with van der Waals surface area (Å²) < 4.78 is 16.7. The van der Waals surface area contributed by atoms with E-state index in [9.17, 15) is 10.1 Å². The molecule has 7 heteroatoms. The molecule has 128 valence electrons. The van der Waals surface area contributed by atoms with Crippen LogP contribution in [0.4, 0.5) is 5.69 Å². The van der Waals surface area contributed by atoms with Gasteiger partial charge < -0.3 is 14.2 Å². The second-order valence-electron chi connectivity index (χ2n) is 5.73. The van der Waals surface area contributed by atoms with Gasteiger partial charge in [-0.25, -0.2) is 0 Å². The molecule has 1 aromatic rings. The third kappa shape index (κ3) is 6.13. The fourth-order valence-corrected chi connectivity index (χ4v) is 2.67. The topological polar surface area (TPSA) is 74.1 Å². The van der Waals surface area contributed by atoms with Crippen LogP contribution in [0.25, 0.3) is 0 Å². The van der Waals surface area contributed by atoms with Crippen molar-refractivity contribution >= 4 is 5.69 Å². The van der Waals surface area contributed by atoms with E-state index in [0.29, 0.717) is 25.6 Å². The van der Waals surface area contributed by atoms with Crippen LogP contribution in [-0.2, 0) is 9.47 Å². The zero-order chi connectivity index (χ0) is 16.7. The van der Waals surface area contributed by atoms with Gasteiger partial charge in [0.25, 0.3) is 5.69 Å². The summed E-state index contributed by atoms with van der Waals surface area (Å²) in [6.45, 7) is 8.35. The molecular formula is C16H24N2O5. The molecule has 2 rings (SSSR count). The van der Waals surface area contributed by atoms with Crippen LogP contribution >= 0.6 is 0 Å². The third-order valence-electron chi connectivity index (χ3n) is 3.57. The molecule has 0 aliphatic carbocycles. The van der Waals surface area contributed by atoms with E-state index in [1.807, 2.05) is 0 Å². The average molecular weight is 324 g/mol. The summed E-state index contributed by atoms with van der Waals surface area (Å²) in [6, 6.07) is 6.16. The molecule has 1 heterocycles. The highest BCUT2D eigenvalue weighted by Gasteiger charge is 2.21. The lowest BCUT2D eigenvalue weighted by Crippen LogP contribution is -2.46. The quantitative estimate of drug-likeness (QED) is 0.414. The number of benzene rings is 1. The van der Waals surface area contributed by atoms with Crippen LogP contribution in [0, 0.1) is 10.1 Å². The minimum atomic E-state index is -0.437. The molecule has 7 nitrogen and oxygen atoms in total. The van der Waals surface area contributed by atoms with Gasteiger partial charge in [-0.05, 0) is 19.9 Å². The average Bonchev–Trinajstić information content (AvgIpc) is 2.50. The van der Waals surface area contributed by atoms with Gasteiger partial charge in [0.05, 0.1) is 36.4 Å². The minimum Gasteiger partial charge on any atom is -0.491 e. The molecule has 1 aliphatic heterocycles. The van der Waals surface area contributed by atoms with Gasteiger partial charge in [-0.3, -0.25) is 15.0 Å². The molecule has 1 aromatic carbocycles. The first-order chi connectivity index (χ1) is 11.0. The van der Waals surface area contributed by atoms with E-state index in [0.717, 1.165) is 19.6 Å². The monoisotopic (exact) mass is 324 g/mol. The first-order valence-corrected chi connectivity index (χ1v) is 7.87. The molecule has 23 heavy (non-hydrogen) atoms. The predicted octanol–water partition coefficient (Wildman–Crippen LogP) is 2.10. The molecular weight excluding hydrogens is 300 g/mol. The Hall–Kier alpha value is -1.70. The molecule has 0 amide bonds. The molecule has 0 unspecified atom stereocenters. The van der Waals surface area contributed by atoms with Gasteiger partial charge in [0, 0.05) is 25.7 Å². The highest BCUT2D eigenvalue weighted by molar-refractivity contribution is 5.37. The van der Waals surface area contributed by atoms with Crippen molar-refractivity contribution in [2.24, 2.45) is 0 Å². The minimum absolute atomic E-state index is 0.0268. The van der Waals surface area contributed by atoms with E-state index in [1.54, 1.807) is 12.1 Å². The summed E-state index contributed by atoms with van der Waals surface area (Å²) in [5.74, 6) is 0.485. The van der Waals surface area contributed by atoms with Gasteiger partial charge in [0.1, 0.15) is 12.4 Å². The first-order valence-electron chi connectivity index (χ1n) is 7.87. The summed E-state index contributed by atoms with van der Waals surface area (Å²) in [4.78, 5) is 12.6. The number of rotatable bonds is 8. The lowest BCUT2D eigenvalue weighted by atomic mass is 10.2. The van der Waals surface area contributed by atoms with Crippen molar-refractivity contribution in [3.8, 4) is 5.75 Å². The highest BCUT2D eigenvalue weighted by atomic mass is 16.6. The maximum Gasteiger partial charge on any atom is 0.273 e. The zero-order valence-corrected chi connectivity index (χ0v) is 13.6. The normalized spacial score (nSPS) is 22.0. The van der Waals surface area contributed by atoms with Crippen molar-refractivity contribution in [3.05, 3.63) is 34.4 Å². The van der Waals surface area contributed by atoms with Gasteiger partial charge in [-0.2, -0.15) is 0 Å². The Balaban J connectivity index is 1.59. The van der Waals surface area contributed by atoms with Crippen molar-refractivity contribution in [1.82, 2.24) is 4.90 Å². The van der Waals surface area contributed by atoms with Gasteiger partial charge in [0.2, 0.25) is 0 Å². The number of nitro benzene ring substituents is 1. The van der Waals surface area contributed by atoms with Crippen LogP contribution < -0.4 is 4.74 Å². The maximum absolute atomic E-state index is 10.7. The van der Waals surface area contributed by atoms with Crippen LogP contribution in [0.2, 0.25) is 0 Å². The lowest BCUT2D eigenvalue weighted by Gasteiger charge is -2.35. The Morgan fingerprint density at radius 2 is 2.00 bits per heavy atom. The lowest BCUT2D eigenvalue weighted by molar-refractivity contribution is -0.384. The molecule has 2 atom stereocenters. The SMILES string of the molecule is C[C@H]1CN(CCOCCOc2cccc([N+](=O)[O-])c2)C[C@H](C)O1. The van der Waals surface area contributed by atoms with Crippen molar-refractivity contribution in [2.45, 2.75) is 26.1 Å². The van der Waals surface area contributed by atoms with Crippen molar-refractivity contribution in [2.75, 3.05) is 39.5 Å². The van der Waals surface area contributed by atoms with Crippen LogP contribution in [0.3, 0.4) is 0 Å². The first kappa shape index (κ1) is 17.7. The van der Waals surface area contributed by atoms with E-state index in [4.69, 9.17) is 14.2 Å². The largest absolute Gasteiger partial charge is 0.491 e. The Morgan fingerprint density at radius 1 is 1.26 bits per heavy atom. The molecule has 0 aromatic heterocycles. The predicted molar refractivity (Wildman–Crippen MR) is 85.9 cm³/mol. The smallest absolute Gasteiger partial charge is 0.273 e. The number of hydrogen-bond donors (Lipinski definition) is 0. The van der Waals surface area contributed by atoms with E-state index in [-0.39, 0.29) is 17.9 Å². The molecule has 1 fully saturated rings. The third-order valence-corrected chi connectivity index (χ3v) is 3.57. The number of hydrogen-bond acceptors (Lipinski definition) is 6. The molecule has 0 N–H and O–H groups in total. The fraction of sp³-hybridized carbons (Fsp3) is 0.625. The number of nitrogens with zero attached hydrogens (tertiary/aromatic N) is 2. The summed E-state index contributed by atoms with van der Waals surface area (Å²) in [6.07, 6.45) is 0.520. The maximum atomic E-state index is 10.7.